The van der Waals surface area contributed by atoms with Crippen molar-refractivity contribution in [1.82, 2.24) is 20.0 Å². The zero-order chi connectivity index (χ0) is 13.4. The van der Waals surface area contributed by atoms with Gasteiger partial charge >= 0.3 is 0 Å². The molecule has 0 fully saturated rings. The topological polar surface area (TPSA) is 63.6 Å². The maximum absolute atomic E-state index is 12.0. The molecule has 0 saturated carbocycles. The minimum Gasteiger partial charge on any atom is -0.266 e. The molecule has 0 spiro atoms. The van der Waals surface area contributed by atoms with Gasteiger partial charge in [0.15, 0.2) is 0 Å². The minimum atomic E-state index is -0.222. The first kappa shape index (κ1) is 11.6. The molecule has 2 heterocycles. The van der Waals surface area contributed by atoms with Crippen LogP contribution < -0.4 is 5.56 Å². The third kappa shape index (κ3) is 1.83. The maximum atomic E-state index is 12.0. The molecule has 0 aliphatic rings. The van der Waals surface area contributed by atoms with Crippen molar-refractivity contribution in [3.8, 4) is 5.69 Å². The summed E-state index contributed by atoms with van der Waals surface area (Å²) < 4.78 is 1.65. The minimum absolute atomic E-state index is 0.222. The summed E-state index contributed by atoms with van der Waals surface area (Å²) in [4.78, 5) is 12.0. The molecular formula is C14H14N4O. The summed E-state index contributed by atoms with van der Waals surface area (Å²) in [6.07, 6.45) is 1.71. The summed E-state index contributed by atoms with van der Waals surface area (Å²) in [6.45, 7) is 4.08. The lowest BCUT2D eigenvalue weighted by Gasteiger charge is -2.06. The van der Waals surface area contributed by atoms with E-state index in [2.05, 4.69) is 15.3 Å². The third-order valence-electron chi connectivity index (χ3n) is 3.09. The number of fused-ring (bicyclic) bond motifs is 1. The van der Waals surface area contributed by atoms with E-state index < -0.39 is 0 Å². The average molecular weight is 254 g/mol. The Bertz CT molecular complexity index is 771. The number of hydrogen-bond donors (Lipinski definition) is 1. The first-order chi connectivity index (χ1) is 9.18. The molecule has 3 rings (SSSR count). The SMILES string of the molecule is CC(C)c1n[nH]c(=O)c2c1cnn2-c1ccccc1. The molecule has 1 aromatic carbocycles. The number of nitrogens with zero attached hydrogens (tertiary/aromatic N) is 3. The number of hydrogen-bond acceptors (Lipinski definition) is 3. The Balaban J connectivity index is 2.35. The molecule has 0 bridgehead atoms. The van der Waals surface area contributed by atoms with Crippen LogP contribution in [-0.4, -0.2) is 20.0 Å². The van der Waals surface area contributed by atoms with Crippen LogP contribution in [0, 0.1) is 0 Å². The van der Waals surface area contributed by atoms with E-state index in [1.165, 1.54) is 0 Å². The molecule has 0 atom stereocenters. The quantitative estimate of drug-likeness (QED) is 0.762. The second kappa shape index (κ2) is 4.35. The smallest absolute Gasteiger partial charge is 0.266 e. The number of H-pyrrole nitrogens is 1. The van der Waals surface area contributed by atoms with Crippen LogP contribution in [0.3, 0.4) is 0 Å². The van der Waals surface area contributed by atoms with Gasteiger partial charge in [0, 0.05) is 5.39 Å². The van der Waals surface area contributed by atoms with Gasteiger partial charge in [-0.25, -0.2) is 9.78 Å². The van der Waals surface area contributed by atoms with E-state index in [0.717, 1.165) is 16.8 Å². The molecule has 0 radical (unpaired) electrons. The molecule has 5 nitrogen and oxygen atoms in total. The second-order valence-electron chi connectivity index (χ2n) is 4.75. The van der Waals surface area contributed by atoms with Crippen molar-refractivity contribution >= 4 is 10.9 Å². The standard InChI is InChI=1S/C14H14N4O/c1-9(2)12-11-8-15-18(10-6-4-3-5-7-10)13(11)14(19)17-16-12/h3-9H,1-2H3,(H,17,19). The number of rotatable bonds is 2. The first-order valence-corrected chi connectivity index (χ1v) is 6.20. The van der Waals surface area contributed by atoms with Crippen molar-refractivity contribution in [2.24, 2.45) is 0 Å². The predicted octanol–water partition coefficient (Wildman–Crippen LogP) is 2.23. The molecule has 3 aromatic rings. The van der Waals surface area contributed by atoms with Crippen LogP contribution in [0.2, 0.25) is 0 Å². The Kier molecular flexibility index (Phi) is 2.67. The van der Waals surface area contributed by atoms with Crippen molar-refractivity contribution in [3.63, 3.8) is 0 Å². The molecular weight excluding hydrogens is 240 g/mol. The van der Waals surface area contributed by atoms with Gasteiger partial charge < -0.3 is 0 Å². The van der Waals surface area contributed by atoms with E-state index in [1.54, 1.807) is 10.9 Å². The fraction of sp³-hybridized carbons (Fsp3) is 0.214. The second-order valence-corrected chi connectivity index (χ2v) is 4.75. The Hall–Kier alpha value is -2.43. The predicted molar refractivity (Wildman–Crippen MR) is 73.6 cm³/mol. The highest BCUT2D eigenvalue weighted by Crippen LogP contribution is 2.21. The lowest BCUT2D eigenvalue weighted by Crippen LogP contribution is -2.14. The molecule has 0 saturated heterocycles. The van der Waals surface area contributed by atoms with Crippen LogP contribution in [-0.2, 0) is 0 Å². The number of aromatic amines is 1. The summed E-state index contributed by atoms with van der Waals surface area (Å²) in [6, 6.07) is 9.60. The highest BCUT2D eigenvalue weighted by molar-refractivity contribution is 5.81. The molecule has 0 aliphatic carbocycles. The number of nitrogens with one attached hydrogen (secondary N) is 1. The van der Waals surface area contributed by atoms with Gasteiger partial charge in [0.25, 0.3) is 5.56 Å². The monoisotopic (exact) mass is 254 g/mol. The van der Waals surface area contributed by atoms with E-state index in [9.17, 15) is 4.79 Å². The summed E-state index contributed by atoms with van der Waals surface area (Å²) in [5.74, 6) is 0.229. The Labute approximate surface area is 109 Å². The number of benzene rings is 1. The van der Waals surface area contributed by atoms with Crippen molar-refractivity contribution in [2.75, 3.05) is 0 Å². The fourth-order valence-electron chi connectivity index (χ4n) is 2.18. The van der Waals surface area contributed by atoms with Gasteiger partial charge in [-0.05, 0) is 18.1 Å². The summed E-state index contributed by atoms with van der Waals surface area (Å²) >= 11 is 0. The Morgan fingerprint density at radius 1 is 1.21 bits per heavy atom. The van der Waals surface area contributed by atoms with Gasteiger partial charge in [0.2, 0.25) is 0 Å². The summed E-state index contributed by atoms with van der Waals surface area (Å²) in [5, 5.41) is 11.8. The summed E-state index contributed by atoms with van der Waals surface area (Å²) in [7, 11) is 0. The van der Waals surface area contributed by atoms with Crippen molar-refractivity contribution in [1.29, 1.82) is 0 Å². The molecule has 0 amide bonds. The molecule has 2 aromatic heterocycles. The van der Waals surface area contributed by atoms with Crippen molar-refractivity contribution < 1.29 is 0 Å². The van der Waals surface area contributed by atoms with Crippen LogP contribution in [0.5, 0.6) is 0 Å². The number of aromatic nitrogens is 4. The van der Waals surface area contributed by atoms with E-state index >= 15 is 0 Å². The van der Waals surface area contributed by atoms with Crippen LogP contribution in [0.25, 0.3) is 16.6 Å². The van der Waals surface area contributed by atoms with E-state index in [0.29, 0.717) is 5.52 Å². The maximum Gasteiger partial charge on any atom is 0.290 e. The molecule has 96 valence electrons. The average Bonchev–Trinajstić information content (AvgIpc) is 2.85. The largest absolute Gasteiger partial charge is 0.290 e. The van der Waals surface area contributed by atoms with Crippen molar-refractivity contribution in [2.45, 2.75) is 19.8 Å². The van der Waals surface area contributed by atoms with Crippen LogP contribution >= 0.6 is 0 Å². The van der Waals surface area contributed by atoms with Gasteiger partial charge in [-0.15, -0.1) is 0 Å². The molecule has 1 N–H and O–H groups in total. The van der Waals surface area contributed by atoms with E-state index in [1.807, 2.05) is 44.2 Å². The van der Waals surface area contributed by atoms with Gasteiger partial charge in [-0.3, -0.25) is 4.79 Å². The van der Waals surface area contributed by atoms with Gasteiger partial charge in [-0.2, -0.15) is 10.2 Å². The molecule has 19 heavy (non-hydrogen) atoms. The fourth-order valence-corrected chi connectivity index (χ4v) is 2.18. The Morgan fingerprint density at radius 2 is 1.95 bits per heavy atom. The summed E-state index contributed by atoms with van der Waals surface area (Å²) in [5.41, 5.74) is 2.05. The first-order valence-electron chi connectivity index (χ1n) is 6.20. The van der Waals surface area contributed by atoms with Gasteiger partial charge in [0.05, 0.1) is 17.6 Å². The van der Waals surface area contributed by atoms with E-state index in [-0.39, 0.29) is 11.5 Å². The Morgan fingerprint density at radius 3 is 2.63 bits per heavy atom. The van der Waals surface area contributed by atoms with Crippen LogP contribution in [0.1, 0.15) is 25.5 Å². The lowest BCUT2D eigenvalue weighted by molar-refractivity contribution is 0.790. The van der Waals surface area contributed by atoms with Gasteiger partial charge in [-0.1, -0.05) is 32.0 Å². The highest BCUT2D eigenvalue weighted by Gasteiger charge is 2.15. The normalized spacial score (nSPS) is 11.3. The van der Waals surface area contributed by atoms with E-state index in [4.69, 9.17) is 0 Å². The van der Waals surface area contributed by atoms with Crippen LogP contribution in [0.4, 0.5) is 0 Å². The lowest BCUT2D eigenvalue weighted by atomic mass is 10.1. The zero-order valence-electron chi connectivity index (χ0n) is 10.8. The highest BCUT2D eigenvalue weighted by atomic mass is 16.1. The van der Waals surface area contributed by atoms with Crippen LogP contribution in [0.15, 0.2) is 41.3 Å². The molecule has 5 heteroatoms. The van der Waals surface area contributed by atoms with Gasteiger partial charge in [0.1, 0.15) is 5.52 Å². The zero-order valence-corrected chi connectivity index (χ0v) is 10.8. The molecule has 0 unspecified atom stereocenters. The van der Waals surface area contributed by atoms with Crippen molar-refractivity contribution in [3.05, 3.63) is 52.6 Å². The molecule has 0 aliphatic heterocycles. The third-order valence-corrected chi connectivity index (χ3v) is 3.09. The number of para-hydroxylation sites is 1.